The van der Waals surface area contributed by atoms with Gasteiger partial charge in [0.1, 0.15) is 12.4 Å². The van der Waals surface area contributed by atoms with Crippen molar-refractivity contribution in [2.75, 3.05) is 0 Å². The molecule has 97 valence electrons. The lowest BCUT2D eigenvalue weighted by Crippen LogP contribution is -2.19. The van der Waals surface area contributed by atoms with E-state index in [4.69, 9.17) is 9.47 Å². The number of hydrogen-bond acceptors (Lipinski definition) is 3. The summed E-state index contributed by atoms with van der Waals surface area (Å²) in [5, 5.41) is 0. The van der Waals surface area contributed by atoms with Crippen LogP contribution in [0.4, 0.5) is 0 Å². The van der Waals surface area contributed by atoms with Crippen molar-refractivity contribution in [3.63, 3.8) is 0 Å². The molecule has 0 spiro atoms. The first-order chi connectivity index (χ1) is 8.74. The highest BCUT2D eigenvalue weighted by atomic mass is 16.5. The predicted molar refractivity (Wildman–Crippen MR) is 69.1 cm³/mol. The maximum atomic E-state index is 10.6. The van der Waals surface area contributed by atoms with Gasteiger partial charge in [0.2, 0.25) is 0 Å². The summed E-state index contributed by atoms with van der Waals surface area (Å²) in [6.45, 7) is 3.43. The molecule has 1 aromatic rings. The zero-order chi connectivity index (χ0) is 12.8. The molecule has 0 aromatic heterocycles. The van der Waals surface area contributed by atoms with Crippen LogP contribution < -0.4 is 4.74 Å². The van der Waals surface area contributed by atoms with Crippen LogP contribution in [0.3, 0.4) is 0 Å². The lowest BCUT2D eigenvalue weighted by molar-refractivity contribution is -0.139. The van der Waals surface area contributed by atoms with E-state index in [1.54, 1.807) is 0 Å². The zero-order valence-electron chi connectivity index (χ0n) is 10.6. The fourth-order valence-corrected chi connectivity index (χ4v) is 2.20. The van der Waals surface area contributed by atoms with Crippen molar-refractivity contribution in [2.24, 2.45) is 0 Å². The minimum Gasteiger partial charge on any atom is -0.490 e. The molecule has 1 aliphatic carbocycles. The molecule has 0 heterocycles. The summed E-state index contributed by atoms with van der Waals surface area (Å²) in [6.07, 6.45) is 6.53. The molecule has 0 saturated heterocycles. The standard InChI is InChI=1S/C15H19O3/c1-12(16)17-11-13-7-9-15(10-8-13)18-14-5-3-2-4-6-14/h7-10,14H,1-6,11H2. The molecule has 1 aromatic carbocycles. The van der Waals surface area contributed by atoms with Gasteiger partial charge in [-0.2, -0.15) is 0 Å². The van der Waals surface area contributed by atoms with Gasteiger partial charge in [-0.25, -0.2) is 0 Å². The molecule has 1 fully saturated rings. The van der Waals surface area contributed by atoms with Crippen LogP contribution in [0.1, 0.15) is 37.7 Å². The Kier molecular flexibility index (Phi) is 4.62. The van der Waals surface area contributed by atoms with Gasteiger partial charge in [-0.3, -0.25) is 4.79 Å². The number of rotatable bonds is 4. The fourth-order valence-electron chi connectivity index (χ4n) is 2.20. The Morgan fingerprint density at radius 2 is 1.83 bits per heavy atom. The van der Waals surface area contributed by atoms with Crippen molar-refractivity contribution >= 4 is 5.97 Å². The Morgan fingerprint density at radius 3 is 2.44 bits per heavy atom. The van der Waals surface area contributed by atoms with Crippen molar-refractivity contribution in [3.05, 3.63) is 36.8 Å². The normalized spacial score (nSPS) is 16.3. The Bertz CT molecular complexity index is 377. The Labute approximate surface area is 108 Å². The highest BCUT2D eigenvalue weighted by Gasteiger charge is 2.14. The molecule has 0 bridgehead atoms. The second-order valence-corrected chi connectivity index (χ2v) is 4.68. The van der Waals surface area contributed by atoms with E-state index in [1.165, 1.54) is 19.3 Å². The molecule has 3 heteroatoms. The van der Waals surface area contributed by atoms with E-state index in [9.17, 15) is 4.79 Å². The summed E-state index contributed by atoms with van der Waals surface area (Å²) in [7, 11) is 0. The van der Waals surface area contributed by atoms with Crippen LogP contribution in [-0.2, 0) is 16.1 Å². The highest BCUT2D eigenvalue weighted by molar-refractivity contribution is 5.73. The van der Waals surface area contributed by atoms with E-state index in [1.807, 2.05) is 24.3 Å². The summed E-state index contributed by atoms with van der Waals surface area (Å²) in [4.78, 5) is 10.6. The van der Waals surface area contributed by atoms with Crippen molar-refractivity contribution in [3.8, 4) is 5.75 Å². The van der Waals surface area contributed by atoms with Gasteiger partial charge in [0.25, 0.3) is 0 Å². The number of benzene rings is 1. The third-order valence-electron chi connectivity index (χ3n) is 3.18. The number of ether oxygens (including phenoxy) is 2. The third kappa shape index (κ3) is 4.06. The van der Waals surface area contributed by atoms with E-state index < -0.39 is 5.97 Å². The molecular formula is C15H19O3. The first kappa shape index (κ1) is 12.9. The number of carbonyl (C=O) groups is 1. The maximum Gasteiger partial charge on any atom is 0.306 e. The highest BCUT2D eigenvalue weighted by Crippen LogP contribution is 2.23. The van der Waals surface area contributed by atoms with E-state index in [0.29, 0.717) is 6.10 Å². The lowest BCUT2D eigenvalue weighted by Gasteiger charge is -2.23. The van der Waals surface area contributed by atoms with E-state index >= 15 is 0 Å². The zero-order valence-corrected chi connectivity index (χ0v) is 10.6. The van der Waals surface area contributed by atoms with Crippen LogP contribution >= 0.6 is 0 Å². The smallest absolute Gasteiger partial charge is 0.306 e. The number of esters is 1. The number of carbonyl (C=O) groups excluding carboxylic acids is 1. The molecule has 1 aliphatic rings. The first-order valence-corrected chi connectivity index (χ1v) is 6.48. The van der Waals surface area contributed by atoms with Crippen molar-refractivity contribution < 1.29 is 14.3 Å². The molecule has 2 rings (SSSR count). The second kappa shape index (κ2) is 6.43. The molecule has 1 saturated carbocycles. The van der Waals surface area contributed by atoms with Gasteiger partial charge in [-0.15, -0.1) is 0 Å². The molecule has 0 amide bonds. The lowest BCUT2D eigenvalue weighted by atomic mass is 9.98. The monoisotopic (exact) mass is 247 g/mol. The number of hydrogen-bond donors (Lipinski definition) is 0. The summed E-state index contributed by atoms with van der Waals surface area (Å²) in [5.41, 5.74) is 0.947. The topological polar surface area (TPSA) is 35.5 Å². The summed E-state index contributed by atoms with van der Waals surface area (Å²) >= 11 is 0. The fraction of sp³-hybridized carbons (Fsp3) is 0.467. The van der Waals surface area contributed by atoms with E-state index in [2.05, 4.69) is 6.92 Å². The van der Waals surface area contributed by atoms with Crippen LogP contribution in [0.15, 0.2) is 24.3 Å². The SMILES string of the molecule is [CH2]C(=O)OCc1ccc(OC2CCCCC2)cc1. The molecule has 18 heavy (non-hydrogen) atoms. The van der Waals surface area contributed by atoms with E-state index in [-0.39, 0.29) is 6.61 Å². The Morgan fingerprint density at radius 1 is 1.17 bits per heavy atom. The van der Waals surface area contributed by atoms with Gasteiger partial charge in [-0.05, 0) is 43.4 Å². The Hall–Kier alpha value is -1.51. The average molecular weight is 247 g/mol. The minimum atomic E-state index is -0.502. The molecule has 0 atom stereocenters. The van der Waals surface area contributed by atoms with Crippen molar-refractivity contribution in [2.45, 2.75) is 44.8 Å². The quantitative estimate of drug-likeness (QED) is 0.766. The maximum absolute atomic E-state index is 10.6. The van der Waals surface area contributed by atoms with Crippen LogP contribution in [0.2, 0.25) is 0 Å². The minimum absolute atomic E-state index is 0.270. The molecule has 3 nitrogen and oxygen atoms in total. The van der Waals surface area contributed by atoms with Gasteiger partial charge in [0.05, 0.1) is 13.0 Å². The van der Waals surface area contributed by atoms with Crippen LogP contribution in [0.5, 0.6) is 5.75 Å². The summed E-state index contributed by atoms with van der Waals surface area (Å²) in [6, 6.07) is 7.70. The molecule has 0 N–H and O–H groups in total. The molecular weight excluding hydrogens is 228 g/mol. The summed E-state index contributed by atoms with van der Waals surface area (Å²) < 4.78 is 10.7. The largest absolute Gasteiger partial charge is 0.490 e. The van der Waals surface area contributed by atoms with Gasteiger partial charge >= 0.3 is 5.97 Å². The second-order valence-electron chi connectivity index (χ2n) is 4.68. The van der Waals surface area contributed by atoms with Gasteiger partial charge in [-0.1, -0.05) is 18.6 Å². The van der Waals surface area contributed by atoms with Crippen LogP contribution in [0, 0.1) is 6.92 Å². The van der Waals surface area contributed by atoms with E-state index in [0.717, 1.165) is 24.2 Å². The Balaban J connectivity index is 1.84. The molecule has 0 aliphatic heterocycles. The van der Waals surface area contributed by atoms with Gasteiger partial charge in [0, 0.05) is 0 Å². The van der Waals surface area contributed by atoms with Crippen LogP contribution in [-0.4, -0.2) is 12.1 Å². The average Bonchev–Trinajstić information content (AvgIpc) is 2.39. The van der Waals surface area contributed by atoms with Gasteiger partial charge < -0.3 is 9.47 Å². The first-order valence-electron chi connectivity index (χ1n) is 6.48. The summed E-state index contributed by atoms with van der Waals surface area (Å²) in [5.74, 6) is 0.393. The molecule has 1 radical (unpaired) electrons. The third-order valence-corrected chi connectivity index (χ3v) is 3.18. The van der Waals surface area contributed by atoms with Gasteiger partial charge in [0.15, 0.2) is 0 Å². The van der Waals surface area contributed by atoms with Crippen LogP contribution in [0.25, 0.3) is 0 Å². The van der Waals surface area contributed by atoms with Crippen molar-refractivity contribution in [1.82, 2.24) is 0 Å². The predicted octanol–water partition coefficient (Wildman–Crippen LogP) is 3.28. The molecule has 0 unspecified atom stereocenters. The van der Waals surface area contributed by atoms with Crippen molar-refractivity contribution in [1.29, 1.82) is 0 Å².